The van der Waals surface area contributed by atoms with Crippen molar-refractivity contribution in [3.63, 3.8) is 0 Å². The van der Waals surface area contributed by atoms with Crippen molar-refractivity contribution in [2.45, 2.75) is 20.4 Å². The number of anilines is 1. The largest absolute Gasteiger partial charge is 0.469 e. The molecule has 1 aromatic carbocycles. The Bertz CT molecular complexity index is 648. The fourth-order valence-electron chi connectivity index (χ4n) is 3.26. The number of benzene rings is 1. The highest BCUT2D eigenvalue weighted by Crippen LogP contribution is 2.24. The highest BCUT2D eigenvalue weighted by Gasteiger charge is 2.36. The summed E-state index contributed by atoms with van der Waals surface area (Å²) < 4.78 is 4.91. The summed E-state index contributed by atoms with van der Waals surface area (Å²) in [6.07, 6.45) is 0. The van der Waals surface area contributed by atoms with Crippen LogP contribution in [0.1, 0.15) is 18.1 Å². The third kappa shape index (κ3) is 5.25. The van der Waals surface area contributed by atoms with E-state index in [1.165, 1.54) is 23.9 Å². The summed E-state index contributed by atoms with van der Waals surface area (Å²) in [6, 6.07) is 6.46. The molecule has 0 aliphatic carbocycles. The predicted molar refractivity (Wildman–Crippen MR) is 117 cm³/mol. The van der Waals surface area contributed by atoms with Gasteiger partial charge < -0.3 is 19.9 Å². The molecule has 0 amide bonds. The molecule has 0 spiro atoms. The van der Waals surface area contributed by atoms with Crippen molar-refractivity contribution in [3.8, 4) is 0 Å². The zero-order valence-corrected chi connectivity index (χ0v) is 18.9. The summed E-state index contributed by atoms with van der Waals surface area (Å²) in [7, 11) is 7.31. The van der Waals surface area contributed by atoms with Crippen LogP contribution in [0.15, 0.2) is 23.2 Å². The quantitative estimate of drug-likeness (QED) is 0.315. The van der Waals surface area contributed by atoms with Gasteiger partial charge in [-0.3, -0.25) is 9.79 Å². The Labute approximate surface area is 174 Å². The summed E-state index contributed by atoms with van der Waals surface area (Å²) in [5, 5.41) is 3.43. The van der Waals surface area contributed by atoms with Crippen LogP contribution in [-0.4, -0.2) is 58.2 Å². The lowest BCUT2D eigenvalue weighted by molar-refractivity contribution is -0.145. The molecular weight excluding hydrogens is 443 g/mol. The van der Waals surface area contributed by atoms with Crippen molar-refractivity contribution >= 4 is 41.6 Å². The van der Waals surface area contributed by atoms with Gasteiger partial charge in [0.1, 0.15) is 0 Å². The minimum absolute atomic E-state index is 0. The summed E-state index contributed by atoms with van der Waals surface area (Å²) in [6.45, 7) is 6.36. The van der Waals surface area contributed by atoms with Crippen molar-refractivity contribution in [1.82, 2.24) is 10.2 Å². The van der Waals surface area contributed by atoms with Gasteiger partial charge in [-0.25, -0.2) is 0 Å². The number of aliphatic imine (C=N–C) groups is 1. The molecule has 1 aromatic rings. The highest BCUT2D eigenvalue weighted by atomic mass is 127. The first-order chi connectivity index (χ1) is 11.9. The molecule has 1 N–H and O–H groups in total. The molecule has 0 aromatic heterocycles. The Morgan fingerprint density at radius 2 is 2.08 bits per heavy atom. The van der Waals surface area contributed by atoms with E-state index in [0.717, 1.165) is 12.5 Å². The summed E-state index contributed by atoms with van der Waals surface area (Å²) in [5.41, 5.74) is 3.68. The maximum Gasteiger partial charge on any atom is 0.310 e. The lowest BCUT2D eigenvalue weighted by Gasteiger charge is -2.22. The molecule has 26 heavy (non-hydrogen) atoms. The van der Waals surface area contributed by atoms with Gasteiger partial charge in [0, 0.05) is 46.5 Å². The predicted octanol–water partition coefficient (Wildman–Crippen LogP) is 2.50. The molecule has 7 heteroatoms. The number of likely N-dealkylation sites (tertiary alicyclic amines) is 1. The van der Waals surface area contributed by atoms with E-state index < -0.39 is 0 Å². The number of halogens is 1. The van der Waals surface area contributed by atoms with Gasteiger partial charge in [-0.15, -0.1) is 24.0 Å². The first kappa shape index (κ1) is 22.5. The molecule has 2 atom stereocenters. The maximum absolute atomic E-state index is 11.9. The third-order valence-corrected chi connectivity index (χ3v) is 4.91. The minimum Gasteiger partial charge on any atom is -0.469 e. The van der Waals surface area contributed by atoms with Gasteiger partial charge in [0.25, 0.3) is 0 Å². The van der Waals surface area contributed by atoms with E-state index in [1.807, 2.05) is 14.1 Å². The number of hydrogen-bond donors (Lipinski definition) is 1. The van der Waals surface area contributed by atoms with Gasteiger partial charge in [0.05, 0.1) is 13.0 Å². The van der Waals surface area contributed by atoms with E-state index in [9.17, 15) is 4.79 Å². The van der Waals surface area contributed by atoms with Crippen LogP contribution in [0.25, 0.3) is 0 Å². The van der Waals surface area contributed by atoms with Crippen LogP contribution in [-0.2, 0) is 16.1 Å². The van der Waals surface area contributed by atoms with E-state index in [1.54, 1.807) is 7.05 Å². The first-order valence-electron chi connectivity index (χ1n) is 8.67. The number of ether oxygens (including phenoxy) is 1. The second kappa shape index (κ2) is 9.99. The number of nitrogens with zero attached hydrogens (tertiary/aromatic N) is 3. The number of carbonyl (C=O) groups excluding carboxylic acids is 1. The normalized spacial score (nSPS) is 19.8. The molecule has 1 heterocycles. The van der Waals surface area contributed by atoms with Gasteiger partial charge in [-0.2, -0.15) is 0 Å². The van der Waals surface area contributed by atoms with Crippen LogP contribution < -0.4 is 10.2 Å². The average molecular weight is 474 g/mol. The van der Waals surface area contributed by atoms with Crippen molar-refractivity contribution in [1.29, 1.82) is 0 Å². The fourth-order valence-corrected chi connectivity index (χ4v) is 3.26. The summed E-state index contributed by atoms with van der Waals surface area (Å²) in [5.74, 6) is 0.853. The summed E-state index contributed by atoms with van der Waals surface area (Å²) in [4.78, 5) is 20.5. The number of nitrogens with one attached hydrogen (secondary N) is 1. The zero-order chi connectivity index (χ0) is 18.6. The van der Waals surface area contributed by atoms with Crippen molar-refractivity contribution in [3.05, 3.63) is 29.3 Å². The molecule has 2 rings (SSSR count). The van der Waals surface area contributed by atoms with Gasteiger partial charge >= 0.3 is 5.97 Å². The average Bonchev–Trinajstić information content (AvgIpc) is 2.97. The molecule has 1 fully saturated rings. The van der Waals surface area contributed by atoms with Crippen molar-refractivity contribution in [2.75, 3.05) is 46.2 Å². The molecule has 0 saturated carbocycles. The van der Waals surface area contributed by atoms with E-state index >= 15 is 0 Å². The first-order valence-corrected chi connectivity index (χ1v) is 8.67. The number of aryl methyl sites for hydroxylation is 1. The third-order valence-electron chi connectivity index (χ3n) is 4.91. The van der Waals surface area contributed by atoms with Crippen molar-refractivity contribution < 1.29 is 9.53 Å². The van der Waals surface area contributed by atoms with E-state index in [-0.39, 0.29) is 41.8 Å². The Morgan fingerprint density at radius 3 is 2.62 bits per heavy atom. The number of guanidine groups is 1. The number of esters is 1. The highest BCUT2D eigenvalue weighted by molar-refractivity contribution is 14.0. The topological polar surface area (TPSA) is 57.2 Å². The molecule has 6 nitrogen and oxygen atoms in total. The molecule has 0 radical (unpaired) electrons. The van der Waals surface area contributed by atoms with Gasteiger partial charge in [0.2, 0.25) is 0 Å². The van der Waals surface area contributed by atoms with Gasteiger partial charge in [-0.1, -0.05) is 13.0 Å². The lowest BCUT2D eigenvalue weighted by Crippen LogP contribution is -2.40. The lowest BCUT2D eigenvalue weighted by atomic mass is 9.99. The van der Waals surface area contributed by atoms with Gasteiger partial charge in [-0.05, 0) is 36.1 Å². The van der Waals surface area contributed by atoms with Crippen LogP contribution in [0, 0.1) is 18.8 Å². The zero-order valence-electron chi connectivity index (χ0n) is 16.6. The minimum atomic E-state index is -0.138. The van der Waals surface area contributed by atoms with Crippen LogP contribution in [0.4, 0.5) is 5.69 Å². The van der Waals surface area contributed by atoms with Gasteiger partial charge in [0.15, 0.2) is 5.96 Å². The van der Waals surface area contributed by atoms with Crippen LogP contribution in [0.5, 0.6) is 0 Å². The van der Waals surface area contributed by atoms with E-state index in [2.05, 4.69) is 52.2 Å². The van der Waals surface area contributed by atoms with E-state index in [0.29, 0.717) is 13.1 Å². The molecule has 1 aliphatic heterocycles. The number of methoxy groups -OCH3 is 1. The molecule has 1 aliphatic rings. The van der Waals surface area contributed by atoms with Crippen LogP contribution in [0.2, 0.25) is 0 Å². The fraction of sp³-hybridized carbons (Fsp3) is 0.579. The Kier molecular flexibility index (Phi) is 8.66. The second-order valence-corrected chi connectivity index (χ2v) is 6.92. The Morgan fingerprint density at radius 1 is 1.38 bits per heavy atom. The Balaban J connectivity index is 0.00000338. The molecule has 0 bridgehead atoms. The van der Waals surface area contributed by atoms with Crippen LogP contribution >= 0.6 is 24.0 Å². The molecule has 146 valence electrons. The van der Waals surface area contributed by atoms with Crippen LogP contribution in [0.3, 0.4) is 0 Å². The standard InChI is InChI=1S/C19H30N4O2.HI/c1-13-9-16(22(4)5)8-7-15(13)10-21-19(20-3)23-11-14(2)17(12-23)18(24)25-6;/h7-9,14,17H,10-12H2,1-6H3,(H,20,21);1H. The number of rotatable bonds is 4. The number of hydrogen-bond acceptors (Lipinski definition) is 4. The second-order valence-electron chi connectivity index (χ2n) is 6.92. The van der Waals surface area contributed by atoms with E-state index in [4.69, 9.17) is 4.74 Å². The SMILES string of the molecule is CN=C(NCc1ccc(N(C)C)cc1C)N1CC(C)C(C(=O)OC)C1.I. The molecular formula is C19H31IN4O2. The molecule has 2 unspecified atom stereocenters. The number of carbonyl (C=O) groups is 1. The monoisotopic (exact) mass is 474 g/mol. The maximum atomic E-state index is 11.9. The van der Waals surface area contributed by atoms with Crippen molar-refractivity contribution in [2.24, 2.45) is 16.8 Å². The molecule has 1 saturated heterocycles. The summed E-state index contributed by atoms with van der Waals surface area (Å²) >= 11 is 0. The smallest absolute Gasteiger partial charge is 0.310 e. The Hall–Kier alpha value is -1.51.